The molecule has 0 atom stereocenters. The van der Waals surface area contributed by atoms with Crippen LogP contribution in [-0.4, -0.2) is 28.9 Å². The molecule has 0 spiro atoms. The fourth-order valence-electron chi connectivity index (χ4n) is 3.31. The number of rotatable bonds is 4. The molecule has 1 aliphatic rings. The zero-order valence-electron chi connectivity index (χ0n) is 14.2. The second-order valence-electron chi connectivity index (χ2n) is 6.54. The maximum atomic E-state index is 12.4. The summed E-state index contributed by atoms with van der Waals surface area (Å²) in [6.45, 7) is 1.67. The predicted molar refractivity (Wildman–Crippen MR) is 112 cm³/mol. The van der Waals surface area contributed by atoms with Gasteiger partial charge in [-0.2, -0.15) is 11.3 Å². The summed E-state index contributed by atoms with van der Waals surface area (Å²) in [7, 11) is 0. The zero-order chi connectivity index (χ0) is 17.9. The van der Waals surface area contributed by atoms with Crippen molar-refractivity contribution in [2.75, 3.05) is 13.1 Å². The first kappa shape index (κ1) is 17.9. The number of carbonyl (C=O) groups is 1. The Labute approximate surface area is 169 Å². The molecule has 4 rings (SSSR count). The van der Waals surface area contributed by atoms with E-state index in [1.54, 1.807) is 22.7 Å². The molecule has 2 aromatic heterocycles. The Kier molecular flexibility index (Phi) is 5.52. The third kappa shape index (κ3) is 4.08. The van der Waals surface area contributed by atoms with Crippen molar-refractivity contribution >= 4 is 44.5 Å². The molecular weight excluding hydrogens is 428 g/mol. The molecule has 1 aromatic carbocycles. The second kappa shape index (κ2) is 8.03. The van der Waals surface area contributed by atoms with Crippen molar-refractivity contribution in [3.05, 3.63) is 61.5 Å². The monoisotopic (exact) mass is 446 g/mol. The summed E-state index contributed by atoms with van der Waals surface area (Å²) >= 11 is 6.91. The average Bonchev–Trinajstić information content (AvgIpc) is 3.34. The van der Waals surface area contributed by atoms with Crippen molar-refractivity contribution in [2.24, 2.45) is 0 Å². The number of likely N-dealkylation sites (tertiary alicyclic amines) is 1. The number of amides is 1. The Morgan fingerprint density at radius 3 is 2.81 bits per heavy atom. The molecule has 1 amide bonds. The molecule has 1 aliphatic heterocycles. The number of aromatic nitrogens is 1. The van der Waals surface area contributed by atoms with E-state index >= 15 is 0 Å². The molecule has 134 valence electrons. The number of thiophene rings is 1. The van der Waals surface area contributed by atoms with Gasteiger partial charge < -0.3 is 4.90 Å². The van der Waals surface area contributed by atoms with E-state index in [1.165, 1.54) is 5.01 Å². The van der Waals surface area contributed by atoms with Crippen LogP contribution < -0.4 is 0 Å². The minimum atomic E-state index is 0.246. The smallest absolute Gasteiger partial charge is 0.227 e. The average molecular weight is 447 g/mol. The molecule has 0 saturated carbocycles. The van der Waals surface area contributed by atoms with Gasteiger partial charge in [-0.05, 0) is 47.4 Å². The highest BCUT2D eigenvalue weighted by Gasteiger charge is 2.25. The molecular formula is C20H19BrN2OS2. The number of nitrogens with zero attached hydrogens (tertiary/aromatic N) is 2. The molecule has 0 aliphatic carbocycles. The van der Waals surface area contributed by atoms with E-state index in [0.717, 1.165) is 47.2 Å². The third-order valence-electron chi connectivity index (χ3n) is 4.77. The molecule has 1 fully saturated rings. The Morgan fingerprint density at radius 1 is 1.23 bits per heavy atom. The van der Waals surface area contributed by atoms with Crippen molar-refractivity contribution in [1.29, 1.82) is 0 Å². The van der Waals surface area contributed by atoms with Crippen LogP contribution in [0.1, 0.15) is 29.3 Å². The predicted octanol–water partition coefficient (Wildman–Crippen LogP) is 5.58. The number of halogens is 1. The maximum absolute atomic E-state index is 12.4. The summed E-state index contributed by atoms with van der Waals surface area (Å²) in [4.78, 5) is 19.3. The lowest BCUT2D eigenvalue weighted by molar-refractivity contribution is -0.131. The highest BCUT2D eigenvalue weighted by molar-refractivity contribution is 9.10. The van der Waals surface area contributed by atoms with E-state index in [2.05, 4.69) is 38.8 Å². The Balaban J connectivity index is 1.37. The van der Waals surface area contributed by atoms with Gasteiger partial charge in [0.15, 0.2) is 0 Å². The van der Waals surface area contributed by atoms with Crippen molar-refractivity contribution in [2.45, 2.75) is 25.2 Å². The van der Waals surface area contributed by atoms with Crippen molar-refractivity contribution < 1.29 is 4.79 Å². The summed E-state index contributed by atoms with van der Waals surface area (Å²) in [6.07, 6.45) is 2.53. The van der Waals surface area contributed by atoms with Crippen molar-refractivity contribution in [3.8, 4) is 11.3 Å². The molecule has 3 heterocycles. The van der Waals surface area contributed by atoms with Crippen LogP contribution in [0.3, 0.4) is 0 Å². The number of hydrogen-bond acceptors (Lipinski definition) is 4. The summed E-state index contributed by atoms with van der Waals surface area (Å²) in [5, 5.41) is 7.43. The van der Waals surface area contributed by atoms with E-state index < -0.39 is 0 Å². The van der Waals surface area contributed by atoms with E-state index in [-0.39, 0.29) is 5.91 Å². The lowest BCUT2D eigenvalue weighted by Gasteiger charge is -2.31. The van der Waals surface area contributed by atoms with E-state index in [0.29, 0.717) is 12.3 Å². The van der Waals surface area contributed by atoms with Crippen LogP contribution in [-0.2, 0) is 11.2 Å². The molecule has 1 saturated heterocycles. The number of piperidine rings is 1. The van der Waals surface area contributed by atoms with E-state index in [9.17, 15) is 4.79 Å². The minimum absolute atomic E-state index is 0.246. The van der Waals surface area contributed by atoms with Crippen molar-refractivity contribution in [3.63, 3.8) is 0 Å². The number of thiazole rings is 1. The minimum Gasteiger partial charge on any atom is -0.342 e. The quantitative estimate of drug-likeness (QED) is 0.523. The molecule has 6 heteroatoms. The van der Waals surface area contributed by atoms with E-state index in [4.69, 9.17) is 4.98 Å². The van der Waals surface area contributed by atoms with Crippen LogP contribution in [0.2, 0.25) is 0 Å². The van der Waals surface area contributed by atoms with Gasteiger partial charge in [0.2, 0.25) is 5.91 Å². The lowest BCUT2D eigenvalue weighted by Crippen LogP contribution is -2.38. The normalized spacial score (nSPS) is 15.3. The van der Waals surface area contributed by atoms with Crippen LogP contribution in [0, 0.1) is 0 Å². The summed E-state index contributed by atoms with van der Waals surface area (Å²) in [5.74, 6) is 0.710. The van der Waals surface area contributed by atoms with Gasteiger partial charge in [-0.3, -0.25) is 4.79 Å². The van der Waals surface area contributed by atoms with Gasteiger partial charge >= 0.3 is 0 Å². The van der Waals surface area contributed by atoms with Crippen LogP contribution in [0.5, 0.6) is 0 Å². The Morgan fingerprint density at radius 2 is 2.08 bits per heavy atom. The van der Waals surface area contributed by atoms with Gasteiger partial charge in [0.1, 0.15) is 0 Å². The van der Waals surface area contributed by atoms with Crippen molar-refractivity contribution in [1.82, 2.24) is 9.88 Å². The molecule has 3 aromatic rings. The number of carbonyl (C=O) groups excluding carboxylic acids is 1. The first-order chi connectivity index (χ1) is 12.7. The molecule has 0 unspecified atom stereocenters. The molecule has 0 radical (unpaired) electrons. The summed E-state index contributed by atoms with van der Waals surface area (Å²) in [6, 6.07) is 10.3. The summed E-state index contributed by atoms with van der Waals surface area (Å²) < 4.78 is 1.07. The fraction of sp³-hybridized carbons (Fsp3) is 0.300. The third-order valence-corrected chi connectivity index (χ3v) is 7.01. The van der Waals surface area contributed by atoms with Gasteiger partial charge in [-0.25, -0.2) is 4.98 Å². The fourth-order valence-corrected chi connectivity index (χ4v) is 5.38. The van der Waals surface area contributed by atoms with Crippen LogP contribution >= 0.6 is 38.6 Å². The number of benzene rings is 1. The Bertz CT molecular complexity index is 883. The zero-order valence-corrected chi connectivity index (χ0v) is 17.4. The molecule has 26 heavy (non-hydrogen) atoms. The second-order valence-corrected chi connectivity index (χ2v) is 9.13. The van der Waals surface area contributed by atoms with E-state index in [1.807, 2.05) is 28.5 Å². The topological polar surface area (TPSA) is 33.2 Å². The van der Waals surface area contributed by atoms with Gasteiger partial charge in [0.05, 0.1) is 17.1 Å². The van der Waals surface area contributed by atoms with Crippen LogP contribution in [0.25, 0.3) is 11.3 Å². The van der Waals surface area contributed by atoms with Crippen LogP contribution in [0.4, 0.5) is 0 Å². The molecule has 0 bridgehead atoms. The van der Waals surface area contributed by atoms with Gasteiger partial charge in [0.25, 0.3) is 0 Å². The lowest BCUT2D eigenvalue weighted by atomic mass is 9.97. The Hall–Kier alpha value is -1.50. The first-order valence-electron chi connectivity index (χ1n) is 8.69. The van der Waals surface area contributed by atoms with Gasteiger partial charge in [-0.15, -0.1) is 11.3 Å². The number of hydrogen-bond donors (Lipinski definition) is 0. The maximum Gasteiger partial charge on any atom is 0.227 e. The molecule has 0 N–H and O–H groups in total. The standard InChI is InChI=1S/C20H19BrN2OS2/c21-17-3-1-2-16(11-17)18-13-26-20(22-18)15-4-7-23(8-5-15)19(24)10-14-6-9-25-12-14/h1-3,6,9,11-13,15H,4-5,7-8,10H2. The highest BCUT2D eigenvalue weighted by Crippen LogP contribution is 2.33. The van der Waals surface area contributed by atoms with Gasteiger partial charge in [-0.1, -0.05) is 28.1 Å². The summed E-state index contributed by atoms with van der Waals surface area (Å²) in [5.41, 5.74) is 3.31. The SMILES string of the molecule is O=C(Cc1ccsc1)N1CCC(c2nc(-c3cccc(Br)c3)cs2)CC1. The largest absolute Gasteiger partial charge is 0.342 e. The van der Waals surface area contributed by atoms with Gasteiger partial charge in [0, 0.05) is 34.4 Å². The van der Waals surface area contributed by atoms with Crippen LogP contribution in [0.15, 0.2) is 50.9 Å². The molecule has 3 nitrogen and oxygen atoms in total. The highest BCUT2D eigenvalue weighted by atomic mass is 79.9. The first-order valence-corrected chi connectivity index (χ1v) is 11.3.